The summed E-state index contributed by atoms with van der Waals surface area (Å²) in [5.41, 5.74) is 0.182. The Morgan fingerprint density at radius 3 is 2.26 bits per heavy atom. The van der Waals surface area contributed by atoms with Crippen molar-refractivity contribution in [3.63, 3.8) is 0 Å². The zero-order valence-electron chi connectivity index (χ0n) is 11.9. The molecule has 0 unspecified atom stereocenters. The van der Waals surface area contributed by atoms with Gasteiger partial charge >= 0.3 is 6.18 Å². The van der Waals surface area contributed by atoms with Gasteiger partial charge in [0.25, 0.3) is 0 Å². The number of nitrogens with zero attached hydrogens (tertiary/aromatic N) is 4. The van der Waals surface area contributed by atoms with Crippen molar-refractivity contribution >= 4 is 0 Å². The maximum absolute atomic E-state index is 13.0. The van der Waals surface area contributed by atoms with Crippen molar-refractivity contribution in [1.82, 2.24) is 19.7 Å². The molecule has 3 aromatic rings. The second kappa shape index (κ2) is 5.71. The highest BCUT2D eigenvalue weighted by atomic mass is 19.4. The Kier molecular flexibility index (Phi) is 3.73. The first-order chi connectivity index (χ1) is 11.0. The van der Waals surface area contributed by atoms with Crippen molar-refractivity contribution in [2.24, 2.45) is 0 Å². The molecule has 2 aromatic heterocycles. The SMILES string of the molecule is COc1ccc(-n2nc(C(F)(F)F)cc2-c2cncnc2)cc1. The molecule has 5 nitrogen and oxygen atoms in total. The van der Waals surface area contributed by atoms with E-state index in [0.29, 0.717) is 17.0 Å². The molecule has 118 valence electrons. The molecular weight excluding hydrogens is 309 g/mol. The Bertz CT molecular complexity index is 798. The third-order valence-corrected chi connectivity index (χ3v) is 3.17. The van der Waals surface area contributed by atoms with E-state index in [0.717, 1.165) is 6.07 Å². The topological polar surface area (TPSA) is 52.8 Å². The van der Waals surface area contributed by atoms with Crippen LogP contribution in [-0.4, -0.2) is 26.9 Å². The number of hydrogen-bond donors (Lipinski definition) is 0. The maximum Gasteiger partial charge on any atom is 0.435 e. The minimum Gasteiger partial charge on any atom is -0.497 e. The van der Waals surface area contributed by atoms with Crippen LogP contribution in [0.4, 0.5) is 13.2 Å². The lowest BCUT2D eigenvalue weighted by molar-refractivity contribution is -0.141. The number of benzene rings is 1. The highest BCUT2D eigenvalue weighted by Crippen LogP contribution is 2.33. The molecule has 3 rings (SSSR count). The average molecular weight is 320 g/mol. The minimum atomic E-state index is -4.54. The monoisotopic (exact) mass is 320 g/mol. The number of hydrogen-bond acceptors (Lipinski definition) is 4. The zero-order chi connectivity index (χ0) is 16.4. The van der Waals surface area contributed by atoms with Gasteiger partial charge in [-0.2, -0.15) is 18.3 Å². The number of aromatic nitrogens is 4. The third-order valence-electron chi connectivity index (χ3n) is 3.17. The van der Waals surface area contributed by atoms with Gasteiger partial charge in [0.05, 0.1) is 18.5 Å². The summed E-state index contributed by atoms with van der Waals surface area (Å²) in [6.07, 6.45) is -0.362. The Hall–Kier alpha value is -2.90. The lowest BCUT2D eigenvalue weighted by Crippen LogP contribution is -2.07. The second-order valence-electron chi connectivity index (χ2n) is 4.65. The van der Waals surface area contributed by atoms with Crippen LogP contribution in [0.25, 0.3) is 16.9 Å². The van der Waals surface area contributed by atoms with Crippen LogP contribution in [0.3, 0.4) is 0 Å². The fraction of sp³-hybridized carbons (Fsp3) is 0.133. The fourth-order valence-corrected chi connectivity index (χ4v) is 2.08. The molecule has 0 aliphatic carbocycles. The van der Waals surface area contributed by atoms with Crippen LogP contribution in [0.15, 0.2) is 49.1 Å². The minimum absolute atomic E-state index is 0.253. The molecule has 23 heavy (non-hydrogen) atoms. The standard InChI is InChI=1S/C15H11F3N4O/c1-23-12-4-2-11(3-5-12)22-13(10-7-19-9-20-8-10)6-14(21-22)15(16,17)18/h2-9H,1H3. The van der Waals surface area contributed by atoms with Gasteiger partial charge in [-0.1, -0.05) is 0 Å². The van der Waals surface area contributed by atoms with Crippen LogP contribution < -0.4 is 4.74 Å². The normalized spacial score (nSPS) is 11.5. The fourth-order valence-electron chi connectivity index (χ4n) is 2.08. The molecule has 0 atom stereocenters. The molecule has 0 saturated heterocycles. The Morgan fingerprint density at radius 1 is 1.04 bits per heavy atom. The van der Waals surface area contributed by atoms with E-state index in [1.165, 1.54) is 30.5 Å². The predicted octanol–water partition coefficient (Wildman–Crippen LogP) is 3.36. The molecular formula is C15H11F3N4O. The first-order valence-corrected chi connectivity index (χ1v) is 6.56. The molecule has 8 heteroatoms. The van der Waals surface area contributed by atoms with Crippen LogP contribution in [0.5, 0.6) is 5.75 Å². The Balaban J connectivity index is 2.15. The molecule has 0 spiro atoms. The molecule has 1 aromatic carbocycles. The predicted molar refractivity (Wildman–Crippen MR) is 76.1 cm³/mol. The third kappa shape index (κ3) is 3.01. The quantitative estimate of drug-likeness (QED) is 0.742. The largest absolute Gasteiger partial charge is 0.497 e. The van der Waals surface area contributed by atoms with E-state index < -0.39 is 11.9 Å². The van der Waals surface area contributed by atoms with E-state index in [4.69, 9.17) is 4.74 Å². The highest BCUT2D eigenvalue weighted by molar-refractivity contribution is 5.61. The van der Waals surface area contributed by atoms with Crippen LogP contribution in [0.1, 0.15) is 5.69 Å². The average Bonchev–Trinajstić information content (AvgIpc) is 3.01. The maximum atomic E-state index is 13.0. The molecule has 0 aliphatic heterocycles. The lowest BCUT2D eigenvalue weighted by atomic mass is 10.2. The van der Waals surface area contributed by atoms with E-state index in [9.17, 15) is 13.2 Å². The number of halogens is 3. The summed E-state index contributed by atoms with van der Waals surface area (Å²) in [6.45, 7) is 0. The molecule has 0 N–H and O–H groups in total. The smallest absolute Gasteiger partial charge is 0.435 e. The van der Waals surface area contributed by atoms with Gasteiger partial charge in [0.15, 0.2) is 5.69 Å². The van der Waals surface area contributed by atoms with E-state index in [-0.39, 0.29) is 5.69 Å². The Labute approximate surface area is 129 Å². The van der Waals surface area contributed by atoms with Crippen LogP contribution in [0, 0.1) is 0 Å². The molecule has 2 heterocycles. The first-order valence-electron chi connectivity index (χ1n) is 6.56. The van der Waals surface area contributed by atoms with Crippen LogP contribution >= 0.6 is 0 Å². The molecule has 0 bridgehead atoms. The van der Waals surface area contributed by atoms with Gasteiger partial charge in [-0.3, -0.25) is 0 Å². The Morgan fingerprint density at radius 2 is 1.70 bits per heavy atom. The van der Waals surface area contributed by atoms with Crippen molar-refractivity contribution in [1.29, 1.82) is 0 Å². The number of rotatable bonds is 3. The van der Waals surface area contributed by atoms with Gasteiger partial charge in [-0.15, -0.1) is 0 Å². The van der Waals surface area contributed by atoms with Gasteiger partial charge in [0, 0.05) is 18.0 Å². The lowest BCUT2D eigenvalue weighted by Gasteiger charge is -2.08. The summed E-state index contributed by atoms with van der Waals surface area (Å²) < 4.78 is 45.3. The van der Waals surface area contributed by atoms with Crippen molar-refractivity contribution in [3.05, 3.63) is 54.7 Å². The van der Waals surface area contributed by atoms with Gasteiger partial charge in [0.1, 0.15) is 12.1 Å². The number of alkyl halides is 3. The molecule has 0 radical (unpaired) electrons. The summed E-state index contributed by atoms with van der Waals surface area (Å²) in [4.78, 5) is 7.68. The van der Waals surface area contributed by atoms with Gasteiger partial charge in [-0.25, -0.2) is 14.6 Å². The summed E-state index contributed by atoms with van der Waals surface area (Å²) in [7, 11) is 1.51. The van der Waals surface area contributed by atoms with Gasteiger partial charge < -0.3 is 4.74 Å². The van der Waals surface area contributed by atoms with Crippen molar-refractivity contribution in [2.45, 2.75) is 6.18 Å². The van der Waals surface area contributed by atoms with Crippen molar-refractivity contribution in [3.8, 4) is 22.7 Å². The van der Waals surface area contributed by atoms with Gasteiger partial charge in [-0.05, 0) is 30.3 Å². The molecule has 0 saturated carbocycles. The highest BCUT2D eigenvalue weighted by Gasteiger charge is 2.35. The first kappa shape index (κ1) is 15.0. The van der Waals surface area contributed by atoms with E-state index in [1.54, 1.807) is 24.3 Å². The van der Waals surface area contributed by atoms with Crippen molar-refractivity contribution < 1.29 is 17.9 Å². The number of ether oxygens (including phenoxy) is 1. The molecule has 0 amide bonds. The van der Waals surface area contributed by atoms with Crippen LogP contribution in [-0.2, 0) is 6.18 Å². The van der Waals surface area contributed by atoms with Crippen molar-refractivity contribution in [2.75, 3.05) is 7.11 Å². The molecule has 0 fully saturated rings. The summed E-state index contributed by atoms with van der Waals surface area (Å²) in [6, 6.07) is 7.52. The summed E-state index contributed by atoms with van der Waals surface area (Å²) >= 11 is 0. The zero-order valence-corrected chi connectivity index (χ0v) is 11.9. The molecule has 0 aliphatic rings. The number of methoxy groups -OCH3 is 1. The van der Waals surface area contributed by atoms with E-state index in [2.05, 4.69) is 15.1 Å². The van der Waals surface area contributed by atoms with Crippen LogP contribution in [0.2, 0.25) is 0 Å². The summed E-state index contributed by atoms with van der Waals surface area (Å²) in [5.74, 6) is 0.599. The van der Waals surface area contributed by atoms with E-state index >= 15 is 0 Å². The van der Waals surface area contributed by atoms with E-state index in [1.807, 2.05) is 0 Å². The second-order valence-corrected chi connectivity index (χ2v) is 4.65. The van der Waals surface area contributed by atoms with Gasteiger partial charge in [0.2, 0.25) is 0 Å². The summed E-state index contributed by atoms with van der Waals surface area (Å²) in [5, 5.41) is 3.68.